The number of nitrogens with one attached hydrogen (secondary N) is 2. The monoisotopic (exact) mass is 387 g/mol. The molecule has 0 bridgehead atoms. The van der Waals surface area contributed by atoms with Crippen molar-refractivity contribution in [3.05, 3.63) is 60.2 Å². The van der Waals surface area contributed by atoms with Gasteiger partial charge in [-0.15, -0.1) is 0 Å². The molecule has 1 saturated heterocycles. The number of anilines is 2. The number of nitrogens with zero attached hydrogens (tertiary/aromatic N) is 1. The molecule has 1 aliphatic heterocycles. The highest BCUT2D eigenvalue weighted by Crippen LogP contribution is 2.19. The lowest BCUT2D eigenvalue weighted by Gasteiger charge is -2.20. The third kappa shape index (κ3) is 5.72. The Labute approximate surface area is 160 Å². The first-order valence-electron chi connectivity index (χ1n) is 9.02. The fraction of sp³-hybridized carbons (Fsp3) is 0.350. The summed E-state index contributed by atoms with van der Waals surface area (Å²) in [6, 6.07) is 17.5. The third-order valence-corrected chi connectivity index (χ3v) is 6.54. The van der Waals surface area contributed by atoms with E-state index in [1.165, 1.54) is 5.56 Å². The molecule has 0 spiro atoms. The number of hydrogen-bond donors (Lipinski definition) is 2. The second-order valence-corrected chi connectivity index (χ2v) is 9.22. The standard InChI is InChI=1S/C20H25N3O3S/c1-23(14-16-5-3-2-4-6-16)19-9-7-18(8-10-19)22-20(24)21-13-17-11-12-27(25,26)15-17/h2-10,17H,11-15H2,1H3,(H2,21,22,24)/t17-/m1/s1. The molecule has 6 nitrogen and oxygen atoms in total. The van der Waals surface area contributed by atoms with Crippen LogP contribution in [0.4, 0.5) is 16.2 Å². The van der Waals surface area contributed by atoms with Crippen molar-refractivity contribution < 1.29 is 13.2 Å². The van der Waals surface area contributed by atoms with E-state index in [2.05, 4.69) is 27.7 Å². The molecule has 0 aliphatic carbocycles. The maximum absolute atomic E-state index is 12.0. The number of hydrogen-bond acceptors (Lipinski definition) is 4. The number of amides is 2. The van der Waals surface area contributed by atoms with E-state index in [1.54, 1.807) is 0 Å². The fourth-order valence-electron chi connectivity index (χ4n) is 3.19. The van der Waals surface area contributed by atoms with Gasteiger partial charge < -0.3 is 15.5 Å². The molecule has 2 amide bonds. The average molecular weight is 388 g/mol. The number of benzene rings is 2. The highest BCUT2D eigenvalue weighted by molar-refractivity contribution is 7.91. The maximum Gasteiger partial charge on any atom is 0.319 e. The van der Waals surface area contributed by atoms with Gasteiger partial charge in [-0.05, 0) is 42.2 Å². The minimum absolute atomic E-state index is 0.00904. The molecule has 0 radical (unpaired) electrons. The topological polar surface area (TPSA) is 78.5 Å². The molecule has 27 heavy (non-hydrogen) atoms. The van der Waals surface area contributed by atoms with Crippen molar-refractivity contribution >= 4 is 27.2 Å². The summed E-state index contributed by atoms with van der Waals surface area (Å²) in [5.41, 5.74) is 2.99. The predicted octanol–water partition coefficient (Wildman–Crippen LogP) is 2.88. The SMILES string of the molecule is CN(Cc1ccccc1)c1ccc(NC(=O)NC[C@H]2CCS(=O)(=O)C2)cc1. The Kier molecular flexibility index (Phi) is 6.01. The van der Waals surface area contributed by atoms with E-state index in [0.29, 0.717) is 18.7 Å². The Morgan fingerprint density at radius 3 is 2.44 bits per heavy atom. The van der Waals surface area contributed by atoms with Crippen LogP contribution in [0, 0.1) is 5.92 Å². The Hall–Kier alpha value is -2.54. The first-order valence-corrected chi connectivity index (χ1v) is 10.8. The van der Waals surface area contributed by atoms with Crippen molar-refractivity contribution in [3.63, 3.8) is 0 Å². The normalized spacial score (nSPS) is 18.0. The van der Waals surface area contributed by atoms with Gasteiger partial charge >= 0.3 is 6.03 Å². The van der Waals surface area contributed by atoms with Crippen LogP contribution in [0.2, 0.25) is 0 Å². The fourth-order valence-corrected chi connectivity index (χ4v) is 5.06. The molecular weight excluding hydrogens is 362 g/mol. The van der Waals surface area contributed by atoms with Gasteiger partial charge in [0.1, 0.15) is 0 Å². The van der Waals surface area contributed by atoms with E-state index in [9.17, 15) is 13.2 Å². The summed E-state index contributed by atoms with van der Waals surface area (Å²) >= 11 is 0. The zero-order chi connectivity index (χ0) is 19.3. The highest BCUT2D eigenvalue weighted by Gasteiger charge is 2.27. The third-order valence-electron chi connectivity index (χ3n) is 4.71. The molecule has 2 N–H and O–H groups in total. The Morgan fingerprint density at radius 2 is 1.81 bits per heavy atom. The van der Waals surface area contributed by atoms with Crippen molar-refractivity contribution in [2.24, 2.45) is 5.92 Å². The number of carbonyl (C=O) groups excluding carboxylic acids is 1. The maximum atomic E-state index is 12.0. The molecule has 7 heteroatoms. The Balaban J connectivity index is 1.47. The first kappa shape index (κ1) is 19.2. The summed E-state index contributed by atoms with van der Waals surface area (Å²) in [6.07, 6.45) is 0.616. The minimum atomic E-state index is -2.91. The molecule has 2 aromatic carbocycles. The summed E-state index contributed by atoms with van der Waals surface area (Å²) in [6.45, 7) is 1.18. The van der Waals surface area contributed by atoms with Gasteiger partial charge in [0.05, 0.1) is 11.5 Å². The van der Waals surface area contributed by atoms with E-state index in [0.717, 1.165) is 12.2 Å². The van der Waals surface area contributed by atoms with Crippen molar-refractivity contribution in [2.75, 3.05) is 35.3 Å². The van der Waals surface area contributed by atoms with Gasteiger partial charge in [0.15, 0.2) is 9.84 Å². The van der Waals surface area contributed by atoms with E-state index in [4.69, 9.17) is 0 Å². The van der Waals surface area contributed by atoms with E-state index in [-0.39, 0.29) is 23.5 Å². The van der Waals surface area contributed by atoms with Crippen LogP contribution in [0.5, 0.6) is 0 Å². The van der Waals surface area contributed by atoms with Gasteiger partial charge in [0.2, 0.25) is 0 Å². The molecule has 1 aliphatic rings. The van der Waals surface area contributed by atoms with Crippen LogP contribution < -0.4 is 15.5 Å². The second kappa shape index (κ2) is 8.43. The lowest BCUT2D eigenvalue weighted by atomic mass is 10.1. The number of sulfone groups is 1. The molecule has 0 saturated carbocycles. The van der Waals surface area contributed by atoms with Crippen LogP contribution in [-0.4, -0.2) is 39.5 Å². The van der Waals surface area contributed by atoms with Crippen LogP contribution >= 0.6 is 0 Å². The smallest absolute Gasteiger partial charge is 0.319 e. The Bertz CT molecular complexity index is 867. The molecule has 1 fully saturated rings. The van der Waals surface area contributed by atoms with Crippen LogP contribution in [0.25, 0.3) is 0 Å². The zero-order valence-electron chi connectivity index (χ0n) is 15.4. The van der Waals surface area contributed by atoms with Gasteiger partial charge in [-0.1, -0.05) is 30.3 Å². The lowest BCUT2D eigenvalue weighted by Crippen LogP contribution is -2.33. The molecular formula is C20H25N3O3S. The Morgan fingerprint density at radius 1 is 1.11 bits per heavy atom. The first-order chi connectivity index (χ1) is 12.9. The number of urea groups is 1. The van der Waals surface area contributed by atoms with Crippen molar-refractivity contribution in [3.8, 4) is 0 Å². The van der Waals surface area contributed by atoms with Gasteiger partial charge in [-0.3, -0.25) is 0 Å². The largest absolute Gasteiger partial charge is 0.370 e. The molecule has 3 rings (SSSR count). The van der Waals surface area contributed by atoms with Crippen molar-refractivity contribution in [1.82, 2.24) is 5.32 Å². The van der Waals surface area contributed by atoms with Crippen molar-refractivity contribution in [2.45, 2.75) is 13.0 Å². The predicted molar refractivity (Wildman–Crippen MR) is 109 cm³/mol. The molecule has 1 atom stereocenters. The van der Waals surface area contributed by atoms with Gasteiger partial charge in [0.25, 0.3) is 0 Å². The molecule has 1 heterocycles. The highest BCUT2D eigenvalue weighted by atomic mass is 32.2. The van der Waals surface area contributed by atoms with Crippen LogP contribution in [0.1, 0.15) is 12.0 Å². The lowest BCUT2D eigenvalue weighted by molar-refractivity contribution is 0.250. The van der Waals surface area contributed by atoms with Crippen LogP contribution in [-0.2, 0) is 16.4 Å². The van der Waals surface area contributed by atoms with Crippen LogP contribution in [0.3, 0.4) is 0 Å². The molecule has 0 unspecified atom stereocenters. The summed E-state index contributed by atoms with van der Waals surface area (Å²) < 4.78 is 22.9. The minimum Gasteiger partial charge on any atom is -0.370 e. The van der Waals surface area contributed by atoms with Gasteiger partial charge in [-0.2, -0.15) is 0 Å². The quantitative estimate of drug-likeness (QED) is 0.799. The number of rotatable bonds is 6. The summed E-state index contributed by atoms with van der Waals surface area (Å²) in [4.78, 5) is 14.1. The van der Waals surface area contributed by atoms with E-state index < -0.39 is 9.84 Å². The van der Waals surface area contributed by atoms with Crippen molar-refractivity contribution in [1.29, 1.82) is 0 Å². The van der Waals surface area contributed by atoms with Gasteiger partial charge in [0, 0.05) is 31.5 Å². The molecule has 0 aromatic heterocycles. The average Bonchev–Trinajstić information content (AvgIpc) is 3.00. The number of carbonyl (C=O) groups is 1. The molecule has 144 valence electrons. The summed E-state index contributed by atoms with van der Waals surface area (Å²) in [5.74, 6) is 0.393. The van der Waals surface area contributed by atoms with E-state index >= 15 is 0 Å². The second-order valence-electron chi connectivity index (χ2n) is 6.99. The summed E-state index contributed by atoms with van der Waals surface area (Å²) in [5, 5.41) is 5.54. The zero-order valence-corrected chi connectivity index (χ0v) is 16.2. The van der Waals surface area contributed by atoms with E-state index in [1.807, 2.05) is 49.5 Å². The van der Waals surface area contributed by atoms with Gasteiger partial charge in [-0.25, -0.2) is 13.2 Å². The summed E-state index contributed by atoms with van der Waals surface area (Å²) in [7, 11) is -0.889. The van der Waals surface area contributed by atoms with Crippen LogP contribution in [0.15, 0.2) is 54.6 Å². The molecule has 2 aromatic rings.